The number of imidazole rings is 1. The van der Waals surface area contributed by atoms with Gasteiger partial charge in [0.1, 0.15) is 11.6 Å². The van der Waals surface area contributed by atoms with Crippen molar-refractivity contribution >= 4 is 28.5 Å². The van der Waals surface area contributed by atoms with Gasteiger partial charge in [-0.25, -0.2) is 9.37 Å². The molecule has 1 N–H and O–H groups in total. The highest BCUT2D eigenvalue weighted by Gasteiger charge is 2.14. The highest BCUT2D eigenvalue weighted by Crippen LogP contribution is 2.23. The lowest BCUT2D eigenvalue weighted by Gasteiger charge is -2.14. The van der Waals surface area contributed by atoms with E-state index in [0.717, 1.165) is 28.1 Å². The molecule has 1 heterocycles. The van der Waals surface area contributed by atoms with E-state index in [0.29, 0.717) is 24.2 Å². The van der Waals surface area contributed by atoms with Crippen LogP contribution in [0.15, 0.2) is 66.7 Å². The standard InChI is InChI=1S/C26H25FN4O2/c1-4-30(3)25(32)15-18-5-10-21(11-6-18)29-26(33)19-7-14-23-24(16-19)31(17(2)28-23)22-12-8-20(27)9-13-22/h5-14,16H,4,15H2,1-3H3,(H,29,33). The summed E-state index contributed by atoms with van der Waals surface area (Å²) in [5.74, 6) is 0.230. The topological polar surface area (TPSA) is 67.2 Å². The van der Waals surface area contributed by atoms with Gasteiger partial charge in [0.25, 0.3) is 5.91 Å². The minimum Gasteiger partial charge on any atom is -0.346 e. The second-order valence-electron chi connectivity index (χ2n) is 7.91. The Morgan fingerprint density at radius 2 is 1.73 bits per heavy atom. The molecule has 33 heavy (non-hydrogen) atoms. The molecular formula is C26H25FN4O2. The first-order valence-corrected chi connectivity index (χ1v) is 10.7. The summed E-state index contributed by atoms with van der Waals surface area (Å²) < 4.78 is 15.3. The molecule has 0 saturated carbocycles. The fourth-order valence-electron chi connectivity index (χ4n) is 3.65. The van der Waals surface area contributed by atoms with Crippen molar-refractivity contribution in [2.75, 3.05) is 18.9 Å². The molecular weight excluding hydrogens is 419 g/mol. The second kappa shape index (κ2) is 9.24. The Morgan fingerprint density at radius 1 is 1.03 bits per heavy atom. The maximum absolute atomic E-state index is 13.4. The van der Waals surface area contributed by atoms with Crippen molar-refractivity contribution in [3.63, 3.8) is 0 Å². The Kier molecular flexibility index (Phi) is 6.22. The zero-order valence-corrected chi connectivity index (χ0v) is 18.8. The number of fused-ring (bicyclic) bond motifs is 1. The number of benzene rings is 3. The molecule has 3 aromatic carbocycles. The van der Waals surface area contributed by atoms with Crippen molar-refractivity contribution in [1.82, 2.24) is 14.5 Å². The number of anilines is 1. The van der Waals surface area contributed by atoms with Crippen molar-refractivity contribution in [3.05, 3.63) is 89.5 Å². The van der Waals surface area contributed by atoms with Gasteiger partial charge in [-0.1, -0.05) is 12.1 Å². The molecule has 6 nitrogen and oxygen atoms in total. The summed E-state index contributed by atoms with van der Waals surface area (Å²) in [5.41, 5.74) is 4.30. The lowest BCUT2D eigenvalue weighted by atomic mass is 10.1. The molecule has 4 aromatic rings. The number of nitrogens with one attached hydrogen (secondary N) is 1. The van der Waals surface area contributed by atoms with Crippen LogP contribution in [0.1, 0.15) is 28.7 Å². The van der Waals surface area contributed by atoms with Crippen LogP contribution in [0.2, 0.25) is 0 Å². The van der Waals surface area contributed by atoms with Gasteiger partial charge < -0.3 is 10.2 Å². The predicted molar refractivity (Wildman–Crippen MR) is 127 cm³/mol. The Hall–Kier alpha value is -4.00. The van der Waals surface area contributed by atoms with Gasteiger partial charge in [-0.15, -0.1) is 0 Å². The maximum atomic E-state index is 13.4. The highest BCUT2D eigenvalue weighted by atomic mass is 19.1. The molecule has 0 unspecified atom stereocenters. The number of amides is 2. The van der Waals surface area contributed by atoms with E-state index in [4.69, 9.17) is 0 Å². The van der Waals surface area contributed by atoms with E-state index >= 15 is 0 Å². The quantitative estimate of drug-likeness (QED) is 0.467. The average Bonchev–Trinajstić information content (AvgIpc) is 3.15. The molecule has 1 aromatic heterocycles. The molecule has 0 atom stereocenters. The molecule has 7 heteroatoms. The van der Waals surface area contributed by atoms with Gasteiger partial charge >= 0.3 is 0 Å². The molecule has 0 aliphatic heterocycles. The van der Waals surface area contributed by atoms with Gasteiger partial charge in [0.05, 0.1) is 17.5 Å². The zero-order chi connectivity index (χ0) is 23.5. The second-order valence-corrected chi connectivity index (χ2v) is 7.91. The molecule has 0 spiro atoms. The summed E-state index contributed by atoms with van der Waals surface area (Å²) in [6, 6.07) is 18.7. The SMILES string of the molecule is CCN(C)C(=O)Cc1ccc(NC(=O)c2ccc3nc(C)n(-c4ccc(F)cc4)c3c2)cc1. The smallest absolute Gasteiger partial charge is 0.255 e. The van der Waals surface area contributed by atoms with Crippen molar-refractivity contribution in [3.8, 4) is 5.69 Å². The van der Waals surface area contributed by atoms with Gasteiger partial charge in [-0.2, -0.15) is 0 Å². The third-order valence-corrected chi connectivity index (χ3v) is 5.64. The Balaban J connectivity index is 1.54. The number of halogens is 1. The minimum absolute atomic E-state index is 0.0515. The first kappa shape index (κ1) is 22.2. The van der Waals surface area contributed by atoms with Crippen molar-refractivity contribution < 1.29 is 14.0 Å². The van der Waals surface area contributed by atoms with Gasteiger partial charge in [-0.3, -0.25) is 14.2 Å². The Morgan fingerprint density at radius 3 is 2.39 bits per heavy atom. The number of carbonyl (C=O) groups excluding carboxylic acids is 2. The van der Waals surface area contributed by atoms with E-state index in [1.165, 1.54) is 12.1 Å². The molecule has 0 fully saturated rings. The molecule has 168 valence electrons. The Bertz CT molecular complexity index is 1310. The lowest BCUT2D eigenvalue weighted by molar-refractivity contribution is -0.128. The van der Waals surface area contributed by atoms with Gasteiger partial charge in [0, 0.05) is 30.5 Å². The number of likely N-dealkylation sites (N-methyl/N-ethyl adjacent to an activating group) is 1. The summed E-state index contributed by atoms with van der Waals surface area (Å²) >= 11 is 0. The summed E-state index contributed by atoms with van der Waals surface area (Å²) in [4.78, 5) is 31.2. The molecule has 4 rings (SSSR count). The predicted octanol–water partition coefficient (Wildman–Crippen LogP) is 4.75. The first-order chi connectivity index (χ1) is 15.9. The number of hydrogen-bond acceptors (Lipinski definition) is 3. The molecule has 0 aliphatic carbocycles. The van der Waals surface area contributed by atoms with Gasteiger partial charge in [-0.05, 0) is 74.0 Å². The fraction of sp³-hybridized carbons (Fsp3) is 0.192. The third-order valence-electron chi connectivity index (χ3n) is 5.64. The molecule has 2 amide bonds. The largest absolute Gasteiger partial charge is 0.346 e. The van der Waals surface area contributed by atoms with E-state index in [-0.39, 0.29) is 17.6 Å². The van der Waals surface area contributed by atoms with Crippen molar-refractivity contribution in [2.45, 2.75) is 20.3 Å². The molecule has 0 bridgehead atoms. The first-order valence-electron chi connectivity index (χ1n) is 10.7. The van der Waals surface area contributed by atoms with Crippen LogP contribution >= 0.6 is 0 Å². The number of aryl methyl sites for hydroxylation is 1. The average molecular weight is 445 g/mol. The number of carbonyl (C=O) groups is 2. The number of aromatic nitrogens is 2. The summed E-state index contributed by atoms with van der Waals surface area (Å²) in [5, 5.41) is 2.90. The monoisotopic (exact) mass is 444 g/mol. The van der Waals surface area contributed by atoms with Crippen LogP contribution in [-0.2, 0) is 11.2 Å². The van der Waals surface area contributed by atoms with Crippen molar-refractivity contribution in [1.29, 1.82) is 0 Å². The van der Waals surface area contributed by atoms with Crippen LogP contribution in [-0.4, -0.2) is 39.9 Å². The van der Waals surface area contributed by atoms with Crippen LogP contribution in [0.5, 0.6) is 0 Å². The molecule has 0 radical (unpaired) electrons. The van der Waals surface area contributed by atoms with E-state index in [1.807, 2.05) is 30.5 Å². The van der Waals surface area contributed by atoms with Gasteiger partial charge in [0.2, 0.25) is 5.91 Å². The normalized spacial score (nSPS) is 10.9. The van der Waals surface area contributed by atoms with E-state index in [9.17, 15) is 14.0 Å². The number of rotatable bonds is 6. The van der Waals surface area contributed by atoms with Crippen molar-refractivity contribution in [2.24, 2.45) is 0 Å². The molecule has 0 aliphatic rings. The van der Waals surface area contributed by atoms with Crippen LogP contribution in [0.25, 0.3) is 16.7 Å². The Labute approximate surface area is 191 Å². The fourth-order valence-corrected chi connectivity index (χ4v) is 3.65. The maximum Gasteiger partial charge on any atom is 0.255 e. The van der Waals surface area contributed by atoms with Crippen LogP contribution in [0, 0.1) is 12.7 Å². The van der Waals surface area contributed by atoms with E-state index in [1.54, 1.807) is 54.4 Å². The van der Waals surface area contributed by atoms with Crippen LogP contribution in [0.3, 0.4) is 0 Å². The summed E-state index contributed by atoms with van der Waals surface area (Å²) in [7, 11) is 1.78. The number of hydrogen-bond donors (Lipinski definition) is 1. The third kappa shape index (κ3) is 4.77. The van der Waals surface area contributed by atoms with E-state index in [2.05, 4.69) is 10.3 Å². The highest BCUT2D eigenvalue weighted by molar-refractivity contribution is 6.06. The minimum atomic E-state index is -0.311. The summed E-state index contributed by atoms with van der Waals surface area (Å²) in [6.45, 7) is 4.46. The zero-order valence-electron chi connectivity index (χ0n) is 18.8. The lowest BCUT2D eigenvalue weighted by Crippen LogP contribution is -2.27. The number of nitrogens with zero attached hydrogens (tertiary/aromatic N) is 3. The van der Waals surface area contributed by atoms with Crippen LogP contribution < -0.4 is 5.32 Å². The van der Waals surface area contributed by atoms with E-state index < -0.39 is 0 Å². The van der Waals surface area contributed by atoms with Gasteiger partial charge in [0.15, 0.2) is 0 Å². The molecule has 0 saturated heterocycles. The summed E-state index contributed by atoms with van der Waals surface area (Å²) in [6.07, 6.45) is 0.321. The van der Waals surface area contributed by atoms with Crippen LogP contribution in [0.4, 0.5) is 10.1 Å².